The Morgan fingerprint density at radius 3 is 2.70 bits per heavy atom. The van der Waals surface area contributed by atoms with E-state index in [2.05, 4.69) is 27.9 Å². The van der Waals surface area contributed by atoms with E-state index >= 15 is 0 Å². The van der Waals surface area contributed by atoms with E-state index in [1.807, 2.05) is 45.2 Å². The number of nitrogens with zero attached hydrogens (tertiary/aromatic N) is 4. The molecule has 3 rings (SSSR count). The summed E-state index contributed by atoms with van der Waals surface area (Å²) in [6.45, 7) is 8.24. The number of carbonyl (C=O) groups is 1. The predicted molar refractivity (Wildman–Crippen MR) is 109 cm³/mol. The number of ether oxygens (including phenoxy) is 1. The Balaban J connectivity index is 1.57. The van der Waals surface area contributed by atoms with Gasteiger partial charge in [-0.3, -0.25) is 4.79 Å². The van der Waals surface area contributed by atoms with Gasteiger partial charge in [0.25, 0.3) is 0 Å². The summed E-state index contributed by atoms with van der Waals surface area (Å²) in [6.07, 6.45) is -0.0451. The zero-order valence-electron chi connectivity index (χ0n) is 16.3. The number of amides is 1. The fourth-order valence-electron chi connectivity index (χ4n) is 3.18. The average molecular weight is 387 g/mol. The van der Waals surface area contributed by atoms with Crippen molar-refractivity contribution in [2.45, 2.75) is 32.0 Å². The number of likely N-dealkylation sites (N-methyl/N-ethyl adjacent to an activating group) is 2. The third-order valence-corrected chi connectivity index (χ3v) is 5.33. The number of aryl methyl sites for hydroxylation is 2. The minimum absolute atomic E-state index is 0.0451. The molecular weight excluding hydrogens is 360 g/mol. The molecule has 0 spiro atoms. The van der Waals surface area contributed by atoms with Gasteiger partial charge in [-0.1, -0.05) is 23.9 Å². The van der Waals surface area contributed by atoms with Gasteiger partial charge in [-0.25, -0.2) is 9.97 Å². The topological polar surface area (TPSA) is 58.6 Å². The Morgan fingerprint density at radius 2 is 2.00 bits per heavy atom. The van der Waals surface area contributed by atoms with E-state index < -0.39 is 0 Å². The van der Waals surface area contributed by atoms with E-state index in [0.29, 0.717) is 17.5 Å². The number of rotatable bonds is 6. The van der Waals surface area contributed by atoms with E-state index in [1.54, 1.807) is 4.90 Å². The monoisotopic (exact) mass is 386 g/mol. The lowest BCUT2D eigenvalue weighted by Crippen LogP contribution is -2.47. The van der Waals surface area contributed by atoms with Crippen LogP contribution in [-0.2, 0) is 4.79 Å². The van der Waals surface area contributed by atoms with E-state index in [9.17, 15) is 4.79 Å². The minimum Gasteiger partial charge on any atom is -0.485 e. The van der Waals surface area contributed by atoms with Crippen LogP contribution in [0.25, 0.3) is 0 Å². The highest BCUT2D eigenvalue weighted by Crippen LogP contribution is 2.32. The SMILES string of the molecule is CCN1CC(CN(C)C(=O)CSc2nc(C)cc(C)n2)Oc2ccccc21. The summed E-state index contributed by atoms with van der Waals surface area (Å²) in [5.41, 5.74) is 2.95. The molecule has 0 bridgehead atoms. The molecule has 1 aromatic carbocycles. The molecule has 2 heterocycles. The number of thioether (sulfide) groups is 1. The summed E-state index contributed by atoms with van der Waals surface area (Å²) < 4.78 is 6.11. The Morgan fingerprint density at radius 1 is 1.30 bits per heavy atom. The van der Waals surface area contributed by atoms with Crippen LogP contribution in [0.1, 0.15) is 18.3 Å². The normalized spacial score (nSPS) is 15.9. The van der Waals surface area contributed by atoms with Gasteiger partial charge in [0.1, 0.15) is 11.9 Å². The van der Waals surface area contributed by atoms with Gasteiger partial charge >= 0.3 is 0 Å². The van der Waals surface area contributed by atoms with Crippen LogP contribution >= 0.6 is 11.8 Å². The predicted octanol–water partition coefficient (Wildman–Crippen LogP) is 2.93. The first-order chi connectivity index (χ1) is 13.0. The molecule has 1 aromatic heterocycles. The van der Waals surface area contributed by atoms with Gasteiger partial charge in [0.05, 0.1) is 24.5 Å². The van der Waals surface area contributed by atoms with Gasteiger partial charge in [-0.2, -0.15) is 0 Å². The summed E-state index contributed by atoms with van der Waals surface area (Å²) in [4.78, 5) is 25.3. The molecule has 0 N–H and O–H groups in total. The standard InChI is InChI=1S/C20H26N4O2S/c1-5-24-12-16(26-18-9-7-6-8-17(18)24)11-23(4)19(25)13-27-20-21-14(2)10-15(3)22-20/h6-10,16H,5,11-13H2,1-4H3. The molecule has 0 aliphatic carbocycles. The van der Waals surface area contributed by atoms with Gasteiger partial charge in [-0.05, 0) is 39.0 Å². The number of anilines is 1. The molecule has 6 nitrogen and oxygen atoms in total. The maximum atomic E-state index is 12.5. The average Bonchev–Trinajstić information content (AvgIpc) is 2.64. The smallest absolute Gasteiger partial charge is 0.232 e. The maximum Gasteiger partial charge on any atom is 0.232 e. The number of hydrogen-bond donors (Lipinski definition) is 0. The van der Waals surface area contributed by atoms with E-state index in [4.69, 9.17) is 4.74 Å². The van der Waals surface area contributed by atoms with Crippen molar-refractivity contribution >= 4 is 23.4 Å². The second-order valence-corrected chi connectivity index (χ2v) is 7.68. The van der Waals surface area contributed by atoms with Crippen LogP contribution in [0.2, 0.25) is 0 Å². The summed E-state index contributed by atoms with van der Waals surface area (Å²) in [5, 5.41) is 0.647. The molecule has 7 heteroatoms. The first-order valence-corrected chi connectivity index (χ1v) is 10.1. The van der Waals surface area contributed by atoms with Crippen LogP contribution < -0.4 is 9.64 Å². The van der Waals surface area contributed by atoms with E-state index in [0.717, 1.165) is 35.9 Å². The van der Waals surface area contributed by atoms with E-state index in [-0.39, 0.29) is 12.0 Å². The van der Waals surface area contributed by atoms with Crippen LogP contribution in [0.4, 0.5) is 5.69 Å². The second-order valence-electron chi connectivity index (χ2n) is 6.74. The number of carbonyl (C=O) groups excluding carboxylic acids is 1. The molecule has 1 atom stereocenters. The molecule has 0 radical (unpaired) electrons. The van der Waals surface area contributed by atoms with Crippen LogP contribution in [0.15, 0.2) is 35.5 Å². The zero-order chi connectivity index (χ0) is 19.4. The fraction of sp³-hybridized carbons (Fsp3) is 0.450. The third kappa shape index (κ3) is 4.91. The summed E-state index contributed by atoms with van der Waals surface area (Å²) in [7, 11) is 1.82. The molecule has 27 heavy (non-hydrogen) atoms. The van der Waals surface area contributed by atoms with Crippen LogP contribution in [0.3, 0.4) is 0 Å². The zero-order valence-corrected chi connectivity index (χ0v) is 17.1. The molecule has 2 aromatic rings. The highest BCUT2D eigenvalue weighted by molar-refractivity contribution is 7.99. The van der Waals surface area contributed by atoms with Gasteiger partial charge in [0.15, 0.2) is 5.16 Å². The van der Waals surface area contributed by atoms with Gasteiger partial charge < -0.3 is 14.5 Å². The van der Waals surface area contributed by atoms with Crippen molar-refractivity contribution < 1.29 is 9.53 Å². The summed E-state index contributed by atoms with van der Waals surface area (Å²) >= 11 is 1.38. The molecule has 1 aliphatic rings. The lowest BCUT2D eigenvalue weighted by Gasteiger charge is -2.37. The Bertz CT molecular complexity index is 794. The maximum absolute atomic E-state index is 12.5. The van der Waals surface area contributed by atoms with Crippen molar-refractivity contribution in [1.29, 1.82) is 0 Å². The van der Waals surface area contributed by atoms with Gasteiger partial charge in [-0.15, -0.1) is 0 Å². The van der Waals surface area contributed by atoms with E-state index in [1.165, 1.54) is 11.8 Å². The Hall–Kier alpha value is -2.28. The first-order valence-electron chi connectivity index (χ1n) is 9.16. The summed E-state index contributed by atoms with van der Waals surface area (Å²) in [6, 6.07) is 9.98. The number of para-hydroxylation sites is 2. The Kier molecular flexibility index (Phi) is 6.21. The largest absolute Gasteiger partial charge is 0.485 e. The van der Waals surface area contributed by atoms with Crippen molar-refractivity contribution in [3.8, 4) is 5.75 Å². The van der Waals surface area contributed by atoms with Crippen LogP contribution in [0.5, 0.6) is 5.75 Å². The number of fused-ring (bicyclic) bond motifs is 1. The van der Waals surface area contributed by atoms with Crippen molar-refractivity contribution in [1.82, 2.24) is 14.9 Å². The Labute approximate surface area is 164 Å². The lowest BCUT2D eigenvalue weighted by molar-refractivity contribution is -0.128. The number of hydrogen-bond acceptors (Lipinski definition) is 6. The van der Waals surface area contributed by atoms with Crippen molar-refractivity contribution in [2.24, 2.45) is 0 Å². The van der Waals surface area contributed by atoms with Gasteiger partial charge in [0, 0.05) is 25.0 Å². The van der Waals surface area contributed by atoms with Gasteiger partial charge in [0.2, 0.25) is 5.91 Å². The van der Waals surface area contributed by atoms with Crippen LogP contribution in [-0.4, -0.2) is 59.3 Å². The van der Waals surface area contributed by atoms with Crippen molar-refractivity contribution in [3.63, 3.8) is 0 Å². The van der Waals surface area contributed by atoms with Crippen LogP contribution in [0, 0.1) is 13.8 Å². The molecule has 0 saturated heterocycles. The molecular formula is C20H26N4O2S. The lowest BCUT2D eigenvalue weighted by atomic mass is 10.2. The number of aromatic nitrogens is 2. The molecule has 144 valence electrons. The molecule has 1 unspecified atom stereocenters. The first kappa shape index (κ1) is 19.5. The number of benzene rings is 1. The molecule has 0 saturated carbocycles. The highest BCUT2D eigenvalue weighted by Gasteiger charge is 2.26. The fourth-order valence-corrected chi connectivity index (χ4v) is 4.07. The molecule has 1 aliphatic heterocycles. The molecule has 1 amide bonds. The van der Waals surface area contributed by atoms with Crippen molar-refractivity contribution in [2.75, 3.05) is 37.3 Å². The van der Waals surface area contributed by atoms with Crippen molar-refractivity contribution in [3.05, 3.63) is 41.7 Å². The summed E-state index contributed by atoms with van der Waals surface area (Å²) in [5.74, 6) is 1.25. The second kappa shape index (κ2) is 8.61. The minimum atomic E-state index is -0.0451. The molecule has 0 fully saturated rings. The quantitative estimate of drug-likeness (QED) is 0.562. The highest BCUT2D eigenvalue weighted by atomic mass is 32.2. The third-order valence-electron chi connectivity index (χ3n) is 4.50.